The third-order valence-corrected chi connectivity index (χ3v) is 5.06. The lowest BCUT2D eigenvalue weighted by Gasteiger charge is -2.20. The van der Waals surface area contributed by atoms with Crippen LogP contribution in [-0.4, -0.2) is 45.2 Å². The number of amides is 2. The van der Waals surface area contributed by atoms with Gasteiger partial charge in [0, 0.05) is 18.4 Å². The molecule has 7 nitrogen and oxygen atoms in total. The van der Waals surface area contributed by atoms with Crippen LogP contribution in [0.5, 0.6) is 5.75 Å². The Labute approximate surface area is 149 Å². The van der Waals surface area contributed by atoms with Crippen molar-refractivity contribution in [3.05, 3.63) is 36.3 Å². The molecule has 1 atom stereocenters. The van der Waals surface area contributed by atoms with Gasteiger partial charge < -0.3 is 15.0 Å². The molecule has 1 saturated heterocycles. The largest absolute Gasteiger partial charge is 0.433 e. The lowest BCUT2D eigenvalue weighted by molar-refractivity contribution is -0.126. The van der Waals surface area contributed by atoms with Crippen LogP contribution in [-0.2, 0) is 19.4 Å². The van der Waals surface area contributed by atoms with Crippen molar-refractivity contribution in [3.8, 4) is 5.75 Å². The highest BCUT2D eigenvalue weighted by molar-refractivity contribution is 7.94. The molecule has 0 bridgehead atoms. The monoisotopic (exact) mass is 388 g/mol. The van der Waals surface area contributed by atoms with Gasteiger partial charge in [0.15, 0.2) is 9.84 Å². The van der Waals surface area contributed by atoms with Crippen molar-refractivity contribution in [2.24, 2.45) is 0 Å². The molecule has 2 rings (SSSR count). The molecule has 1 N–H and O–H groups in total. The Balaban J connectivity index is 2.02. The van der Waals surface area contributed by atoms with Gasteiger partial charge in [-0.1, -0.05) is 18.7 Å². The number of alkyl halides is 2. The Morgan fingerprint density at radius 2 is 2.12 bits per heavy atom. The molecule has 1 fully saturated rings. The highest BCUT2D eigenvalue weighted by Crippen LogP contribution is 2.32. The van der Waals surface area contributed by atoms with Crippen LogP contribution < -0.4 is 15.0 Å². The van der Waals surface area contributed by atoms with E-state index in [1.165, 1.54) is 23.1 Å². The zero-order valence-corrected chi connectivity index (χ0v) is 14.5. The summed E-state index contributed by atoms with van der Waals surface area (Å²) in [6.07, 6.45) is -0.0367. The number of sulfone groups is 1. The molecule has 0 aliphatic carbocycles. The maximum atomic E-state index is 12.5. The highest BCUT2D eigenvalue weighted by Gasteiger charge is 2.35. The zero-order chi connectivity index (χ0) is 19.3. The fraction of sp³-hybridized carbons (Fsp3) is 0.375. The van der Waals surface area contributed by atoms with E-state index < -0.39 is 40.1 Å². The van der Waals surface area contributed by atoms with Crippen LogP contribution in [0.1, 0.15) is 12.8 Å². The topological polar surface area (TPSA) is 92.8 Å². The van der Waals surface area contributed by atoms with E-state index in [1.54, 1.807) is 6.07 Å². The summed E-state index contributed by atoms with van der Waals surface area (Å²) in [4.78, 5) is 25.6. The van der Waals surface area contributed by atoms with Gasteiger partial charge in [-0.25, -0.2) is 8.42 Å². The third kappa shape index (κ3) is 5.01. The minimum absolute atomic E-state index is 0.139. The predicted octanol–water partition coefficient (Wildman–Crippen LogP) is 1.46. The first kappa shape index (κ1) is 19.8. The van der Waals surface area contributed by atoms with E-state index in [0.29, 0.717) is 0 Å². The maximum absolute atomic E-state index is 12.5. The van der Waals surface area contributed by atoms with Gasteiger partial charge in [0.2, 0.25) is 11.8 Å². The number of nitrogens with one attached hydrogen (secondary N) is 1. The maximum Gasteiger partial charge on any atom is 0.387 e. The van der Waals surface area contributed by atoms with Crippen molar-refractivity contribution in [1.82, 2.24) is 5.32 Å². The van der Waals surface area contributed by atoms with Crippen LogP contribution in [0.4, 0.5) is 14.5 Å². The summed E-state index contributed by atoms with van der Waals surface area (Å²) < 4.78 is 52.1. The van der Waals surface area contributed by atoms with Crippen LogP contribution in [0, 0.1) is 0 Å². The standard InChI is InChI=1S/C16H18F2N2O5S/c1-2-26(23,24)10-8-14(21)19-11-7-9-20(15(11)22)12-5-3-4-6-13(12)25-16(17)18/h2-6,11,16H,1,7-10H2,(H,19,21). The van der Waals surface area contributed by atoms with Crippen molar-refractivity contribution >= 4 is 27.3 Å². The number of ether oxygens (including phenoxy) is 1. The van der Waals surface area contributed by atoms with E-state index in [4.69, 9.17) is 0 Å². The number of halogens is 2. The second-order valence-electron chi connectivity index (χ2n) is 5.53. The zero-order valence-electron chi connectivity index (χ0n) is 13.7. The Morgan fingerprint density at radius 1 is 1.42 bits per heavy atom. The fourth-order valence-corrected chi connectivity index (χ4v) is 3.15. The van der Waals surface area contributed by atoms with E-state index in [0.717, 1.165) is 5.41 Å². The molecule has 0 saturated carbocycles. The van der Waals surface area contributed by atoms with Gasteiger partial charge in [0.1, 0.15) is 11.8 Å². The number of rotatable bonds is 8. The lowest BCUT2D eigenvalue weighted by Crippen LogP contribution is -2.42. The Bertz CT molecular complexity index is 798. The molecule has 1 unspecified atom stereocenters. The highest BCUT2D eigenvalue weighted by atomic mass is 32.2. The first-order valence-electron chi connectivity index (χ1n) is 7.73. The summed E-state index contributed by atoms with van der Waals surface area (Å²) in [5.41, 5.74) is 0.184. The van der Waals surface area contributed by atoms with Gasteiger partial charge in [-0.05, 0) is 18.6 Å². The summed E-state index contributed by atoms with van der Waals surface area (Å²) in [6, 6.07) is 5.01. The van der Waals surface area contributed by atoms with Gasteiger partial charge in [-0.3, -0.25) is 9.59 Å². The van der Waals surface area contributed by atoms with Gasteiger partial charge >= 0.3 is 6.61 Å². The number of carbonyl (C=O) groups is 2. The van der Waals surface area contributed by atoms with Crippen LogP contribution >= 0.6 is 0 Å². The number of para-hydroxylation sites is 2. The SMILES string of the molecule is C=CS(=O)(=O)CCC(=O)NC1CCN(c2ccccc2OC(F)F)C1=O. The minimum Gasteiger partial charge on any atom is -0.433 e. The summed E-state index contributed by atoms with van der Waals surface area (Å²) in [5.74, 6) is -1.61. The van der Waals surface area contributed by atoms with E-state index in [9.17, 15) is 26.8 Å². The van der Waals surface area contributed by atoms with Gasteiger partial charge in [-0.15, -0.1) is 0 Å². The van der Waals surface area contributed by atoms with Crippen LogP contribution in [0.3, 0.4) is 0 Å². The summed E-state index contributed by atoms with van der Waals surface area (Å²) in [5, 5.41) is 3.23. The Morgan fingerprint density at radius 3 is 2.77 bits per heavy atom. The molecule has 142 valence electrons. The first-order chi connectivity index (χ1) is 12.2. The molecule has 10 heteroatoms. The molecule has 0 spiro atoms. The molecular formula is C16H18F2N2O5S. The summed E-state index contributed by atoms with van der Waals surface area (Å²) >= 11 is 0. The molecule has 1 heterocycles. The molecule has 0 aromatic heterocycles. The van der Waals surface area contributed by atoms with E-state index in [2.05, 4.69) is 16.6 Å². The molecule has 0 radical (unpaired) electrons. The number of anilines is 1. The van der Waals surface area contributed by atoms with Crippen LogP contribution in [0.2, 0.25) is 0 Å². The number of nitrogens with zero attached hydrogens (tertiary/aromatic N) is 1. The minimum atomic E-state index is -3.51. The van der Waals surface area contributed by atoms with Crippen LogP contribution in [0.15, 0.2) is 36.3 Å². The average Bonchev–Trinajstić information content (AvgIpc) is 2.94. The van der Waals surface area contributed by atoms with Crippen molar-refractivity contribution in [2.75, 3.05) is 17.2 Å². The Hall–Kier alpha value is -2.49. The number of benzene rings is 1. The van der Waals surface area contributed by atoms with Crippen molar-refractivity contribution < 1.29 is 31.5 Å². The molecular weight excluding hydrogens is 370 g/mol. The molecule has 1 aromatic carbocycles. The number of carbonyl (C=O) groups excluding carboxylic acids is 2. The van der Waals surface area contributed by atoms with E-state index in [-0.39, 0.29) is 30.8 Å². The summed E-state index contributed by atoms with van der Waals surface area (Å²) in [7, 11) is -3.51. The Kier molecular flexibility index (Phi) is 6.30. The fourth-order valence-electron chi connectivity index (χ4n) is 2.51. The molecule has 26 heavy (non-hydrogen) atoms. The summed E-state index contributed by atoms with van der Waals surface area (Å²) in [6.45, 7) is 0.327. The predicted molar refractivity (Wildman–Crippen MR) is 90.6 cm³/mol. The van der Waals surface area contributed by atoms with E-state index in [1.807, 2.05) is 0 Å². The van der Waals surface area contributed by atoms with Gasteiger partial charge in [0.25, 0.3) is 0 Å². The van der Waals surface area contributed by atoms with Crippen LogP contribution in [0.25, 0.3) is 0 Å². The van der Waals surface area contributed by atoms with Gasteiger partial charge in [-0.2, -0.15) is 8.78 Å². The molecule has 1 aliphatic rings. The molecule has 1 aliphatic heterocycles. The van der Waals surface area contributed by atoms with E-state index >= 15 is 0 Å². The quantitative estimate of drug-likeness (QED) is 0.728. The average molecular weight is 388 g/mol. The van der Waals surface area contributed by atoms with Crippen molar-refractivity contribution in [2.45, 2.75) is 25.5 Å². The second-order valence-corrected chi connectivity index (χ2v) is 7.60. The number of hydrogen-bond acceptors (Lipinski definition) is 5. The molecule has 2 amide bonds. The van der Waals surface area contributed by atoms with Gasteiger partial charge in [0.05, 0.1) is 11.4 Å². The second kappa shape index (κ2) is 8.26. The normalized spacial score (nSPS) is 17.4. The smallest absolute Gasteiger partial charge is 0.387 e. The first-order valence-corrected chi connectivity index (χ1v) is 9.45. The lowest BCUT2D eigenvalue weighted by atomic mass is 10.2. The third-order valence-electron chi connectivity index (χ3n) is 3.78. The van der Waals surface area contributed by atoms with Crippen molar-refractivity contribution in [1.29, 1.82) is 0 Å². The van der Waals surface area contributed by atoms with Crippen molar-refractivity contribution in [3.63, 3.8) is 0 Å². The molecule has 1 aromatic rings. The number of hydrogen-bond donors (Lipinski definition) is 1.